The van der Waals surface area contributed by atoms with Crippen LogP contribution in [0.3, 0.4) is 0 Å². The van der Waals surface area contributed by atoms with Gasteiger partial charge in [0.25, 0.3) is 0 Å². The fraction of sp³-hybridized carbons (Fsp3) is 0.371. The predicted molar refractivity (Wildman–Crippen MR) is 177 cm³/mol. The van der Waals surface area contributed by atoms with Gasteiger partial charge in [0, 0.05) is 53.0 Å². The Labute approximate surface area is 277 Å². The lowest BCUT2D eigenvalue weighted by Gasteiger charge is -2.32. The van der Waals surface area contributed by atoms with Crippen molar-refractivity contribution < 1.29 is 18.7 Å². The van der Waals surface area contributed by atoms with Crippen LogP contribution in [0, 0.1) is 5.82 Å². The molecule has 12 heteroatoms. The van der Waals surface area contributed by atoms with Gasteiger partial charge in [0.05, 0.1) is 36.6 Å². The summed E-state index contributed by atoms with van der Waals surface area (Å²) >= 11 is 5.87. The molecule has 7 rings (SSSR count). The van der Waals surface area contributed by atoms with Gasteiger partial charge in [-0.25, -0.2) is 19.3 Å². The standard InChI is InChI=1S/C35H37ClFN7O3/c1-23(43-15-12-38-22-43)35(45)39-27-7-8-32-31(18-27)40-33(44(32)19-28-11-16-46-28)20-42-13-9-24(10-14-42)30-3-2-4-34(41-30)47-21-25-5-6-26(36)17-29(25)37/h2-8,12,15,17-18,22-24,28H,9-11,13-14,16,19-21H2,1H3,(H,39,45)/t23?,28-/m0/s1. The molecular formula is C35H37ClFN7O3. The quantitative estimate of drug-likeness (QED) is 0.176. The maximum Gasteiger partial charge on any atom is 0.247 e. The van der Waals surface area contributed by atoms with Gasteiger partial charge in [0.15, 0.2) is 0 Å². The second-order valence-corrected chi connectivity index (χ2v) is 12.7. The van der Waals surface area contributed by atoms with Gasteiger partial charge >= 0.3 is 0 Å². The first-order valence-corrected chi connectivity index (χ1v) is 16.4. The fourth-order valence-electron chi connectivity index (χ4n) is 6.21. The normalized spacial score (nSPS) is 17.8. The van der Waals surface area contributed by atoms with Crippen LogP contribution in [-0.2, 0) is 29.2 Å². The second-order valence-electron chi connectivity index (χ2n) is 12.3. The summed E-state index contributed by atoms with van der Waals surface area (Å²) in [4.78, 5) is 29.2. The highest BCUT2D eigenvalue weighted by atomic mass is 35.5. The highest BCUT2D eigenvalue weighted by Gasteiger charge is 2.26. The van der Waals surface area contributed by atoms with Crippen molar-refractivity contribution in [3.05, 3.63) is 101 Å². The number of imidazole rings is 2. The number of hydrogen-bond donors (Lipinski definition) is 1. The molecule has 3 aromatic heterocycles. The second kappa shape index (κ2) is 13.8. The Hall–Kier alpha value is -4.32. The van der Waals surface area contributed by atoms with E-state index >= 15 is 0 Å². The van der Waals surface area contributed by atoms with Gasteiger partial charge in [-0.3, -0.25) is 9.69 Å². The van der Waals surface area contributed by atoms with E-state index in [1.165, 1.54) is 6.07 Å². The highest BCUT2D eigenvalue weighted by molar-refractivity contribution is 6.30. The van der Waals surface area contributed by atoms with Crippen molar-refractivity contribution in [2.24, 2.45) is 0 Å². The zero-order valence-electron chi connectivity index (χ0n) is 26.2. The predicted octanol–water partition coefficient (Wildman–Crippen LogP) is 6.37. The van der Waals surface area contributed by atoms with E-state index in [9.17, 15) is 9.18 Å². The number of aromatic nitrogens is 5. The van der Waals surface area contributed by atoms with E-state index in [2.05, 4.69) is 19.8 Å². The lowest BCUT2D eigenvalue weighted by atomic mass is 9.93. The van der Waals surface area contributed by atoms with Gasteiger partial charge in [-0.15, -0.1) is 0 Å². The molecule has 5 heterocycles. The zero-order chi connectivity index (χ0) is 32.3. The number of likely N-dealkylation sites (tertiary alicyclic amines) is 1. The Bertz CT molecular complexity index is 1850. The van der Waals surface area contributed by atoms with Crippen molar-refractivity contribution in [2.45, 2.75) is 63.9 Å². The van der Waals surface area contributed by atoms with Gasteiger partial charge in [-0.05, 0) is 75.7 Å². The molecule has 2 atom stereocenters. The molecule has 2 fully saturated rings. The Morgan fingerprint density at radius 1 is 1.13 bits per heavy atom. The number of rotatable bonds is 11. The number of piperidine rings is 1. The van der Waals surface area contributed by atoms with Crippen LogP contribution in [0.1, 0.15) is 55.2 Å². The van der Waals surface area contributed by atoms with E-state index in [4.69, 9.17) is 31.0 Å². The first kappa shape index (κ1) is 31.3. The fourth-order valence-corrected chi connectivity index (χ4v) is 6.37. The molecule has 2 saturated heterocycles. The number of carbonyl (C=O) groups excluding carboxylic acids is 1. The van der Waals surface area contributed by atoms with E-state index < -0.39 is 5.82 Å². The molecule has 244 valence electrons. The van der Waals surface area contributed by atoms with Crippen molar-refractivity contribution in [2.75, 3.05) is 25.0 Å². The highest BCUT2D eigenvalue weighted by Crippen LogP contribution is 2.30. The van der Waals surface area contributed by atoms with Crippen LogP contribution in [0.15, 0.2) is 73.3 Å². The SMILES string of the molecule is CC(C(=O)Nc1ccc2c(c1)nc(CN1CCC(c3cccc(OCc4ccc(Cl)cc4F)n3)CC1)n2C[C@@H]1CCO1)n1ccnc1. The molecule has 1 amide bonds. The first-order valence-electron chi connectivity index (χ1n) is 16.0. The van der Waals surface area contributed by atoms with Crippen LogP contribution >= 0.6 is 11.6 Å². The number of nitrogens with one attached hydrogen (secondary N) is 1. The number of ether oxygens (including phenoxy) is 2. The smallest absolute Gasteiger partial charge is 0.247 e. The maximum absolute atomic E-state index is 14.2. The third-order valence-electron chi connectivity index (χ3n) is 9.13. The Kier molecular flexibility index (Phi) is 9.19. The van der Waals surface area contributed by atoms with Crippen LogP contribution < -0.4 is 10.1 Å². The molecule has 0 bridgehead atoms. The molecule has 47 heavy (non-hydrogen) atoms. The van der Waals surface area contributed by atoms with Crippen molar-refractivity contribution in [1.29, 1.82) is 0 Å². The van der Waals surface area contributed by atoms with Crippen LogP contribution in [0.25, 0.3) is 11.0 Å². The average Bonchev–Trinajstić information content (AvgIpc) is 3.71. The summed E-state index contributed by atoms with van der Waals surface area (Å²) in [7, 11) is 0. The topological polar surface area (TPSA) is 99.3 Å². The Morgan fingerprint density at radius 2 is 1.98 bits per heavy atom. The summed E-state index contributed by atoms with van der Waals surface area (Å²) < 4.78 is 29.9. The Balaban J connectivity index is 1.00. The molecule has 0 aliphatic carbocycles. The molecule has 1 N–H and O–H groups in total. The number of halogens is 2. The van der Waals surface area contributed by atoms with Crippen LogP contribution in [0.2, 0.25) is 5.02 Å². The zero-order valence-corrected chi connectivity index (χ0v) is 26.9. The molecule has 0 spiro atoms. The largest absolute Gasteiger partial charge is 0.473 e. The summed E-state index contributed by atoms with van der Waals surface area (Å²) in [6, 6.07) is 15.9. The number of hydrogen-bond acceptors (Lipinski definition) is 7. The van der Waals surface area contributed by atoms with Crippen LogP contribution in [-0.4, -0.2) is 60.7 Å². The van der Waals surface area contributed by atoms with E-state index in [1.54, 1.807) is 41.5 Å². The monoisotopic (exact) mass is 657 g/mol. The molecule has 2 aromatic carbocycles. The number of pyridine rings is 1. The van der Waals surface area contributed by atoms with E-state index in [1.807, 2.05) is 37.3 Å². The molecule has 0 radical (unpaired) electrons. The summed E-state index contributed by atoms with van der Waals surface area (Å²) in [5.41, 5.74) is 4.02. The van der Waals surface area contributed by atoms with Gasteiger partial charge in [-0.2, -0.15) is 0 Å². The average molecular weight is 658 g/mol. The molecule has 1 unspecified atom stereocenters. The summed E-state index contributed by atoms with van der Waals surface area (Å²) in [5.74, 6) is 1.28. The maximum atomic E-state index is 14.2. The number of carbonyl (C=O) groups is 1. The van der Waals surface area contributed by atoms with Gasteiger partial charge in [0.2, 0.25) is 11.8 Å². The minimum Gasteiger partial charge on any atom is -0.473 e. The third kappa shape index (κ3) is 7.17. The van der Waals surface area contributed by atoms with Crippen LogP contribution in [0.4, 0.5) is 10.1 Å². The molecule has 5 aromatic rings. The van der Waals surface area contributed by atoms with Crippen molar-refractivity contribution in [3.8, 4) is 5.88 Å². The van der Waals surface area contributed by atoms with Gasteiger partial charge in [-0.1, -0.05) is 23.7 Å². The number of fused-ring (bicyclic) bond motifs is 1. The molecule has 2 aliphatic rings. The van der Waals surface area contributed by atoms with Crippen molar-refractivity contribution in [1.82, 2.24) is 29.0 Å². The summed E-state index contributed by atoms with van der Waals surface area (Å²) in [5, 5.41) is 3.39. The van der Waals surface area contributed by atoms with E-state index in [0.717, 1.165) is 74.6 Å². The van der Waals surface area contributed by atoms with Crippen LogP contribution in [0.5, 0.6) is 5.88 Å². The number of benzene rings is 2. The van der Waals surface area contributed by atoms with E-state index in [0.29, 0.717) is 28.1 Å². The number of amides is 1. The van der Waals surface area contributed by atoms with E-state index in [-0.39, 0.29) is 24.7 Å². The van der Waals surface area contributed by atoms with Crippen molar-refractivity contribution >= 4 is 34.2 Å². The third-order valence-corrected chi connectivity index (χ3v) is 9.37. The van der Waals surface area contributed by atoms with Gasteiger partial charge in [0.1, 0.15) is 24.3 Å². The number of anilines is 1. The first-order chi connectivity index (χ1) is 22.9. The lowest BCUT2D eigenvalue weighted by molar-refractivity contribution is -0.118. The Morgan fingerprint density at radius 3 is 2.72 bits per heavy atom. The molecular weight excluding hydrogens is 621 g/mol. The van der Waals surface area contributed by atoms with Crippen molar-refractivity contribution in [3.63, 3.8) is 0 Å². The summed E-state index contributed by atoms with van der Waals surface area (Å²) in [6.07, 6.45) is 8.22. The minimum atomic E-state index is -0.391. The molecule has 0 saturated carbocycles. The number of nitrogens with zero attached hydrogens (tertiary/aromatic N) is 6. The van der Waals surface area contributed by atoms with Gasteiger partial charge < -0.3 is 23.9 Å². The summed E-state index contributed by atoms with van der Waals surface area (Å²) in [6.45, 7) is 6.01. The molecule has 10 nitrogen and oxygen atoms in total. The minimum absolute atomic E-state index is 0.0866. The molecule has 2 aliphatic heterocycles. The lowest BCUT2D eigenvalue weighted by Crippen LogP contribution is -2.35.